The van der Waals surface area contributed by atoms with Gasteiger partial charge in [-0.05, 0) is 71.2 Å². The third kappa shape index (κ3) is 5.70. The standard InChI is InChI=1S/C31H39N3O4S2/c1-22-20-32(17-18-34(22)40(36,37)26-12-8-24(9-13-26)31(2,3)4)29(35)21-33-16-14-28-27(15-19-39-28)30(33)23-6-10-25(38-5)11-7-23/h6-13,15,19,22,30H,14,16-18,20-21H2,1-5H3/t22-,30-/m1/s1. The van der Waals surface area contributed by atoms with Crippen molar-refractivity contribution >= 4 is 27.3 Å². The van der Waals surface area contributed by atoms with E-state index in [1.165, 1.54) is 10.4 Å². The highest BCUT2D eigenvalue weighted by Crippen LogP contribution is 2.38. The second-order valence-electron chi connectivity index (χ2n) is 11.8. The predicted octanol–water partition coefficient (Wildman–Crippen LogP) is 4.92. The van der Waals surface area contributed by atoms with Crippen molar-refractivity contribution in [2.45, 2.75) is 56.5 Å². The first kappa shape index (κ1) is 28.8. The smallest absolute Gasteiger partial charge is 0.243 e. The number of ether oxygens (including phenoxy) is 1. The summed E-state index contributed by atoms with van der Waals surface area (Å²) in [5, 5.41) is 2.13. The Bertz CT molecular complexity index is 1440. The molecule has 1 amide bonds. The molecule has 0 N–H and O–H groups in total. The fourth-order valence-electron chi connectivity index (χ4n) is 5.78. The Kier molecular flexibility index (Phi) is 8.12. The topological polar surface area (TPSA) is 70.2 Å². The van der Waals surface area contributed by atoms with Gasteiger partial charge in [-0.1, -0.05) is 45.0 Å². The van der Waals surface area contributed by atoms with Crippen LogP contribution in [0.5, 0.6) is 5.75 Å². The highest BCUT2D eigenvalue weighted by Gasteiger charge is 2.37. The number of carbonyl (C=O) groups excluding carboxylic acids is 1. The minimum absolute atomic E-state index is 0.0000152. The summed E-state index contributed by atoms with van der Waals surface area (Å²) in [5.74, 6) is 0.843. The van der Waals surface area contributed by atoms with E-state index in [1.807, 2.05) is 36.1 Å². The summed E-state index contributed by atoms with van der Waals surface area (Å²) in [6.45, 7) is 10.3. The number of hydrogen-bond donors (Lipinski definition) is 0. The van der Waals surface area contributed by atoms with Crippen molar-refractivity contribution in [1.29, 1.82) is 0 Å². The fraction of sp³-hybridized carbons (Fsp3) is 0.452. The van der Waals surface area contributed by atoms with Gasteiger partial charge >= 0.3 is 0 Å². The van der Waals surface area contributed by atoms with Crippen LogP contribution in [0.25, 0.3) is 0 Å². The molecule has 2 aliphatic rings. The molecule has 0 unspecified atom stereocenters. The maximum atomic E-state index is 13.6. The second kappa shape index (κ2) is 11.3. The SMILES string of the molecule is COc1ccc([C@@H]2c3ccsc3CCN2CC(=O)N2CCN(S(=O)(=O)c3ccc(C(C)(C)C)cc3)[C@H](C)C2)cc1. The summed E-state index contributed by atoms with van der Waals surface area (Å²) in [6, 6.07) is 17.1. The monoisotopic (exact) mass is 581 g/mol. The first-order chi connectivity index (χ1) is 19.0. The lowest BCUT2D eigenvalue weighted by molar-refractivity contribution is -0.135. The summed E-state index contributed by atoms with van der Waals surface area (Å²) in [7, 11) is -1.99. The Morgan fingerprint density at radius 3 is 2.33 bits per heavy atom. The fourth-order valence-corrected chi connectivity index (χ4v) is 8.29. The average molecular weight is 582 g/mol. The molecular formula is C31H39N3O4S2. The lowest BCUT2D eigenvalue weighted by atomic mass is 9.87. The van der Waals surface area contributed by atoms with E-state index in [9.17, 15) is 13.2 Å². The van der Waals surface area contributed by atoms with Gasteiger partial charge in [0.05, 0.1) is 24.6 Å². The molecule has 0 aliphatic carbocycles. The third-order valence-corrected chi connectivity index (χ3v) is 11.1. The molecule has 2 atom stereocenters. The van der Waals surface area contributed by atoms with Crippen LogP contribution >= 0.6 is 11.3 Å². The third-order valence-electron chi connectivity index (χ3n) is 8.08. The van der Waals surface area contributed by atoms with Crippen LogP contribution in [0.2, 0.25) is 0 Å². The molecule has 1 aromatic heterocycles. The zero-order chi connectivity index (χ0) is 28.7. The minimum atomic E-state index is -3.65. The molecule has 214 valence electrons. The van der Waals surface area contributed by atoms with E-state index in [2.05, 4.69) is 49.3 Å². The summed E-state index contributed by atoms with van der Waals surface area (Å²) in [5.41, 5.74) is 3.44. The summed E-state index contributed by atoms with van der Waals surface area (Å²) in [6.07, 6.45) is 0.920. The molecule has 2 aliphatic heterocycles. The molecule has 40 heavy (non-hydrogen) atoms. The number of sulfonamides is 1. The number of amides is 1. The van der Waals surface area contributed by atoms with Crippen LogP contribution in [-0.4, -0.2) is 74.3 Å². The number of fused-ring (bicyclic) bond motifs is 1. The van der Waals surface area contributed by atoms with Gasteiger partial charge in [0, 0.05) is 37.1 Å². The lowest BCUT2D eigenvalue weighted by Crippen LogP contribution is -2.57. The van der Waals surface area contributed by atoms with Crippen molar-refractivity contribution in [2.24, 2.45) is 0 Å². The van der Waals surface area contributed by atoms with Crippen LogP contribution in [0.4, 0.5) is 0 Å². The van der Waals surface area contributed by atoms with E-state index in [1.54, 1.807) is 34.9 Å². The first-order valence-electron chi connectivity index (χ1n) is 13.8. The van der Waals surface area contributed by atoms with E-state index < -0.39 is 10.0 Å². The van der Waals surface area contributed by atoms with Crippen LogP contribution in [0, 0.1) is 0 Å². The maximum Gasteiger partial charge on any atom is 0.243 e. The van der Waals surface area contributed by atoms with Crippen molar-refractivity contribution in [3.05, 3.63) is 81.5 Å². The second-order valence-corrected chi connectivity index (χ2v) is 14.7. The van der Waals surface area contributed by atoms with Gasteiger partial charge in [-0.25, -0.2) is 8.42 Å². The molecule has 2 aromatic carbocycles. The molecule has 3 aromatic rings. The molecule has 7 nitrogen and oxygen atoms in total. The molecule has 0 saturated carbocycles. The van der Waals surface area contributed by atoms with E-state index in [-0.39, 0.29) is 30.0 Å². The average Bonchev–Trinajstić information content (AvgIpc) is 3.41. The Balaban J connectivity index is 1.28. The van der Waals surface area contributed by atoms with Crippen LogP contribution < -0.4 is 4.74 Å². The van der Waals surface area contributed by atoms with Gasteiger partial charge in [0.15, 0.2) is 0 Å². The van der Waals surface area contributed by atoms with Crippen molar-refractivity contribution < 1.29 is 17.9 Å². The predicted molar refractivity (Wildman–Crippen MR) is 160 cm³/mol. The van der Waals surface area contributed by atoms with Crippen molar-refractivity contribution in [3.63, 3.8) is 0 Å². The van der Waals surface area contributed by atoms with Crippen LogP contribution in [0.3, 0.4) is 0 Å². The van der Waals surface area contributed by atoms with Crippen LogP contribution in [-0.2, 0) is 26.7 Å². The molecule has 5 rings (SSSR count). The minimum Gasteiger partial charge on any atom is -0.497 e. The highest BCUT2D eigenvalue weighted by molar-refractivity contribution is 7.89. The Hall–Kier alpha value is -2.72. The van der Waals surface area contributed by atoms with Crippen molar-refractivity contribution in [1.82, 2.24) is 14.1 Å². The molecule has 0 bridgehead atoms. The summed E-state index contributed by atoms with van der Waals surface area (Å²) < 4.78 is 33.9. The number of piperazine rings is 1. The highest BCUT2D eigenvalue weighted by atomic mass is 32.2. The quantitative estimate of drug-likeness (QED) is 0.413. The van der Waals surface area contributed by atoms with Gasteiger partial charge < -0.3 is 9.64 Å². The normalized spacial score (nSPS) is 20.8. The zero-order valence-electron chi connectivity index (χ0n) is 24.0. The Labute approximate surface area is 242 Å². The van der Waals surface area contributed by atoms with Crippen molar-refractivity contribution in [2.75, 3.05) is 39.8 Å². The number of rotatable bonds is 6. The molecule has 0 spiro atoms. The number of carbonyl (C=O) groups is 1. The summed E-state index contributed by atoms with van der Waals surface area (Å²) in [4.78, 5) is 19.3. The molecule has 1 saturated heterocycles. The lowest BCUT2D eigenvalue weighted by Gasteiger charge is -2.41. The van der Waals surface area contributed by atoms with Crippen LogP contribution in [0.1, 0.15) is 55.3 Å². The van der Waals surface area contributed by atoms with E-state index >= 15 is 0 Å². The zero-order valence-corrected chi connectivity index (χ0v) is 25.6. The largest absolute Gasteiger partial charge is 0.497 e. The molecule has 0 radical (unpaired) electrons. The van der Waals surface area contributed by atoms with E-state index in [4.69, 9.17) is 4.74 Å². The van der Waals surface area contributed by atoms with Crippen molar-refractivity contribution in [3.8, 4) is 5.75 Å². The summed E-state index contributed by atoms with van der Waals surface area (Å²) >= 11 is 1.77. The number of thiophene rings is 1. The molecular weight excluding hydrogens is 542 g/mol. The van der Waals surface area contributed by atoms with Crippen LogP contribution in [0.15, 0.2) is 64.9 Å². The van der Waals surface area contributed by atoms with E-state index in [0.29, 0.717) is 24.5 Å². The number of methoxy groups -OCH3 is 1. The maximum absolute atomic E-state index is 13.6. The molecule has 1 fully saturated rings. The van der Waals surface area contributed by atoms with E-state index in [0.717, 1.165) is 29.8 Å². The Morgan fingerprint density at radius 1 is 1.00 bits per heavy atom. The van der Waals surface area contributed by atoms with Gasteiger partial charge in [0.1, 0.15) is 5.75 Å². The van der Waals surface area contributed by atoms with Gasteiger partial charge in [0.2, 0.25) is 15.9 Å². The molecule has 9 heteroatoms. The molecule has 3 heterocycles. The first-order valence-corrected chi connectivity index (χ1v) is 16.2. The van der Waals surface area contributed by atoms with Gasteiger partial charge in [-0.2, -0.15) is 4.31 Å². The van der Waals surface area contributed by atoms with Gasteiger partial charge in [0.25, 0.3) is 0 Å². The van der Waals surface area contributed by atoms with Gasteiger partial charge in [-0.15, -0.1) is 11.3 Å². The van der Waals surface area contributed by atoms with Gasteiger partial charge in [-0.3, -0.25) is 9.69 Å². The number of nitrogens with zero attached hydrogens (tertiary/aromatic N) is 3. The number of benzene rings is 2. The number of hydrogen-bond acceptors (Lipinski definition) is 6. The Morgan fingerprint density at radius 2 is 1.70 bits per heavy atom.